The van der Waals surface area contributed by atoms with Gasteiger partial charge in [0.25, 0.3) is 0 Å². The van der Waals surface area contributed by atoms with Gasteiger partial charge >= 0.3 is 0 Å². The number of amides is 1. The summed E-state index contributed by atoms with van der Waals surface area (Å²) in [6.07, 6.45) is 4.40. The van der Waals surface area contributed by atoms with E-state index < -0.39 is 5.60 Å². The molecule has 1 aliphatic heterocycles. The van der Waals surface area contributed by atoms with Crippen LogP contribution in [0.1, 0.15) is 43.7 Å². The summed E-state index contributed by atoms with van der Waals surface area (Å²) in [7, 11) is 0. The minimum Gasteiger partial charge on any atom is -0.389 e. The molecule has 1 fully saturated rings. The largest absolute Gasteiger partial charge is 0.389 e. The number of hydrogen-bond donors (Lipinski definition) is 2. The molecule has 2 aliphatic rings. The lowest BCUT2D eigenvalue weighted by atomic mass is 9.78. The maximum atomic E-state index is 11.9. The predicted octanol–water partition coefficient (Wildman–Crippen LogP) is 1.84. The molecule has 22 heavy (non-hydrogen) atoms. The molecule has 0 unspecified atom stereocenters. The number of benzene rings is 1. The zero-order chi connectivity index (χ0) is 15.7. The second kappa shape index (κ2) is 6.01. The molecule has 4 heteroatoms. The van der Waals surface area contributed by atoms with E-state index in [9.17, 15) is 9.90 Å². The van der Waals surface area contributed by atoms with Gasteiger partial charge < -0.3 is 10.8 Å². The molecule has 0 saturated heterocycles. The molecule has 4 nitrogen and oxygen atoms in total. The number of β-amino-alcohol motifs (C(OH)–C–C–N with tert-alkyl or cyclic N) is 1. The standard InChI is InChI=1S/C18H26N2O2/c1-13-6-8-18(22,9-7-13)12-20-11-15-5-3-2-4-14(15)10-16(20)17(19)21/h2-5,13,16,22H,6-12H2,1H3,(H2,19,21)/t13?,16-,18?/m0/s1. The highest BCUT2D eigenvalue weighted by molar-refractivity contribution is 5.80. The zero-order valence-corrected chi connectivity index (χ0v) is 13.3. The molecule has 1 atom stereocenters. The van der Waals surface area contributed by atoms with E-state index in [2.05, 4.69) is 24.0 Å². The summed E-state index contributed by atoms with van der Waals surface area (Å²) in [5, 5.41) is 10.9. The average molecular weight is 302 g/mol. The van der Waals surface area contributed by atoms with Crippen LogP contribution in [-0.4, -0.2) is 34.1 Å². The van der Waals surface area contributed by atoms with Gasteiger partial charge in [-0.2, -0.15) is 0 Å². The summed E-state index contributed by atoms with van der Waals surface area (Å²) in [6.45, 7) is 3.48. The van der Waals surface area contributed by atoms with Crippen molar-refractivity contribution in [2.75, 3.05) is 6.54 Å². The van der Waals surface area contributed by atoms with E-state index in [0.29, 0.717) is 25.4 Å². The smallest absolute Gasteiger partial charge is 0.235 e. The molecule has 3 rings (SSSR count). The van der Waals surface area contributed by atoms with Crippen LogP contribution >= 0.6 is 0 Å². The number of hydrogen-bond acceptors (Lipinski definition) is 3. The third-order valence-electron chi connectivity index (χ3n) is 5.38. The molecular formula is C18H26N2O2. The van der Waals surface area contributed by atoms with Crippen LogP contribution in [0.15, 0.2) is 24.3 Å². The molecule has 120 valence electrons. The van der Waals surface area contributed by atoms with Crippen molar-refractivity contribution < 1.29 is 9.90 Å². The van der Waals surface area contributed by atoms with Crippen LogP contribution in [0.4, 0.5) is 0 Å². The maximum absolute atomic E-state index is 11.9. The molecule has 1 aliphatic carbocycles. The topological polar surface area (TPSA) is 66.6 Å². The maximum Gasteiger partial charge on any atom is 0.235 e. The summed E-state index contributed by atoms with van der Waals surface area (Å²) < 4.78 is 0. The Labute approximate surface area is 132 Å². The predicted molar refractivity (Wildman–Crippen MR) is 86.1 cm³/mol. The van der Waals surface area contributed by atoms with Gasteiger partial charge in [0.15, 0.2) is 0 Å². The van der Waals surface area contributed by atoms with E-state index >= 15 is 0 Å². The van der Waals surface area contributed by atoms with Gasteiger partial charge in [-0.25, -0.2) is 0 Å². The van der Waals surface area contributed by atoms with Gasteiger partial charge in [0.2, 0.25) is 5.91 Å². The number of primary amides is 1. The minimum absolute atomic E-state index is 0.290. The normalized spacial score (nSPS) is 32.5. The third-order valence-corrected chi connectivity index (χ3v) is 5.38. The molecule has 1 heterocycles. The van der Waals surface area contributed by atoms with Gasteiger partial charge in [-0.15, -0.1) is 0 Å². The van der Waals surface area contributed by atoms with Crippen LogP contribution in [0.25, 0.3) is 0 Å². The highest BCUT2D eigenvalue weighted by Crippen LogP contribution is 2.34. The van der Waals surface area contributed by atoms with E-state index in [1.807, 2.05) is 12.1 Å². The Kier molecular flexibility index (Phi) is 4.24. The second-order valence-corrected chi connectivity index (χ2v) is 7.20. The SMILES string of the molecule is CC1CCC(O)(CN2Cc3ccccc3C[C@H]2C(N)=O)CC1. The van der Waals surface area contributed by atoms with Crippen molar-refractivity contribution in [1.29, 1.82) is 0 Å². The Hall–Kier alpha value is -1.39. The zero-order valence-electron chi connectivity index (χ0n) is 13.3. The van der Waals surface area contributed by atoms with Crippen LogP contribution in [-0.2, 0) is 17.8 Å². The number of nitrogens with zero attached hydrogens (tertiary/aromatic N) is 1. The first-order chi connectivity index (χ1) is 10.5. The van der Waals surface area contributed by atoms with E-state index in [0.717, 1.165) is 25.7 Å². The molecule has 1 aromatic carbocycles. The first-order valence-electron chi connectivity index (χ1n) is 8.29. The first kappa shape index (κ1) is 15.5. The van der Waals surface area contributed by atoms with Crippen molar-refractivity contribution >= 4 is 5.91 Å². The molecular weight excluding hydrogens is 276 g/mol. The fourth-order valence-corrected chi connectivity index (χ4v) is 3.86. The number of carbonyl (C=O) groups excluding carboxylic acids is 1. The summed E-state index contributed by atoms with van der Waals surface area (Å²) in [5.74, 6) is 0.400. The monoisotopic (exact) mass is 302 g/mol. The summed E-state index contributed by atoms with van der Waals surface area (Å²) in [6, 6.07) is 7.89. The quantitative estimate of drug-likeness (QED) is 0.895. The van der Waals surface area contributed by atoms with E-state index in [1.54, 1.807) is 0 Å². The Morgan fingerprint density at radius 3 is 2.59 bits per heavy atom. The Morgan fingerprint density at radius 1 is 1.32 bits per heavy atom. The molecule has 3 N–H and O–H groups in total. The second-order valence-electron chi connectivity index (χ2n) is 7.20. The molecule has 1 aromatic rings. The molecule has 1 amide bonds. The highest BCUT2D eigenvalue weighted by Gasteiger charge is 2.38. The van der Waals surface area contributed by atoms with Crippen molar-refractivity contribution in [1.82, 2.24) is 4.90 Å². The van der Waals surface area contributed by atoms with Crippen molar-refractivity contribution in [3.8, 4) is 0 Å². The Bertz CT molecular complexity index is 550. The lowest BCUT2D eigenvalue weighted by molar-refractivity contribution is -0.126. The third kappa shape index (κ3) is 3.18. The fourth-order valence-electron chi connectivity index (χ4n) is 3.86. The van der Waals surface area contributed by atoms with E-state index in [1.165, 1.54) is 11.1 Å². The Morgan fingerprint density at radius 2 is 1.95 bits per heavy atom. The van der Waals surface area contributed by atoms with Gasteiger partial charge in [-0.1, -0.05) is 31.2 Å². The average Bonchev–Trinajstić information content (AvgIpc) is 2.49. The van der Waals surface area contributed by atoms with Crippen LogP contribution in [0.3, 0.4) is 0 Å². The number of nitrogens with two attached hydrogens (primary N) is 1. The number of carbonyl (C=O) groups is 1. The van der Waals surface area contributed by atoms with Gasteiger partial charge in [-0.05, 0) is 49.1 Å². The minimum atomic E-state index is -0.674. The van der Waals surface area contributed by atoms with Crippen molar-refractivity contribution in [2.24, 2.45) is 11.7 Å². The van der Waals surface area contributed by atoms with E-state index in [4.69, 9.17) is 5.73 Å². The van der Waals surface area contributed by atoms with Gasteiger partial charge in [-0.3, -0.25) is 9.69 Å². The fraction of sp³-hybridized carbons (Fsp3) is 0.611. The number of rotatable bonds is 3. The lowest BCUT2D eigenvalue weighted by Gasteiger charge is -2.43. The van der Waals surface area contributed by atoms with Crippen LogP contribution in [0, 0.1) is 5.92 Å². The van der Waals surface area contributed by atoms with E-state index in [-0.39, 0.29) is 11.9 Å². The van der Waals surface area contributed by atoms with Gasteiger partial charge in [0.05, 0.1) is 11.6 Å². The van der Waals surface area contributed by atoms with Gasteiger partial charge in [0, 0.05) is 13.1 Å². The number of aliphatic hydroxyl groups is 1. The molecule has 0 spiro atoms. The molecule has 0 aromatic heterocycles. The van der Waals surface area contributed by atoms with Crippen LogP contribution in [0.5, 0.6) is 0 Å². The molecule has 0 radical (unpaired) electrons. The van der Waals surface area contributed by atoms with Crippen LogP contribution < -0.4 is 5.73 Å². The molecule has 0 bridgehead atoms. The first-order valence-corrected chi connectivity index (χ1v) is 8.29. The van der Waals surface area contributed by atoms with Gasteiger partial charge in [0.1, 0.15) is 0 Å². The number of fused-ring (bicyclic) bond motifs is 1. The molecule has 1 saturated carbocycles. The lowest BCUT2D eigenvalue weighted by Crippen LogP contribution is -2.54. The van der Waals surface area contributed by atoms with Crippen LogP contribution in [0.2, 0.25) is 0 Å². The Balaban J connectivity index is 1.78. The van der Waals surface area contributed by atoms with Crippen molar-refractivity contribution in [2.45, 2.75) is 57.2 Å². The summed E-state index contributed by atoms with van der Waals surface area (Å²) in [4.78, 5) is 14.0. The summed E-state index contributed by atoms with van der Waals surface area (Å²) in [5.41, 5.74) is 7.39. The van der Waals surface area contributed by atoms with Crippen molar-refractivity contribution in [3.05, 3.63) is 35.4 Å². The highest BCUT2D eigenvalue weighted by atomic mass is 16.3. The summed E-state index contributed by atoms with van der Waals surface area (Å²) >= 11 is 0. The van der Waals surface area contributed by atoms with Crippen molar-refractivity contribution in [3.63, 3.8) is 0 Å².